The van der Waals surface area contributed by atoms with Gasteiger partial charge in [0.1, 0.15) is 11.9 Å². The van der Waals surface area contributed by atoms with Gasteiger partial charge in [0.05, 0.1) is 31.2 Å². The van der Waals surface area contributed by atoms with Crippen LogP contribution in [-0.2, 0) is 0 Å². The van der Waals surface area contributed by atoms with Gasteiger partial charge in [0.15, 0.2) is 5.11 Å². The van der Waals surface area contributed by atoms with E-state index in [2.05, 4.69) is 10.6 Å². The molecule has 0 aliphatic carbocycles. The molecule has 0 aromatic heterocycles. The Morgan fingerprint density at radius 3 is 2.46 bits per heavy atom. The molecule has 0 bridgehead atoms. The third-order valence-corrected chi connectivity index (χ3v) is 4.40. The third kappa shape index (κ3) is 4.90. The van der Waals surface area contributed by atoms with Crippen molar-refractivity contribution >= 4 is 34.6 Å². The average Bonchev–Trinajstić information content (AvgIpc) is 2.52. The third-order valence-electron chi connectivity index (χ3n) is 3.82. The predicted octanol–water partition coefficient (Wildman–Crippen LogP) is 2.96. The largest absolute Gasteiger partial charge is 0.356 e. The van der Waals surface area contributed by atoms with E-state index in [0.717, 1.165) is 10.6 Å². The van der Waals surface area contributed by atoms with Crippen molar-refractivity contribution < 1.29 is 9.29 Å². The number of rotatable bonds is 5. The minimum absolute atomic E-state index is 0.156. The number of thiocarbonyl (C=S) groups is 1. The second kappa shape index (κ2) is 8.42. The molecule has 0 saturated heterocycles. The molecule has 0 aliphatic rings. The highest BCUT2D eigenvalue weighted by atomic mass is 35.5. The Morgan fingerprint density at radius 1 is 1.21 bits per heavy atom. The summed E-state index contributed by atoms with van der Waals surface area (Å²) in [7, 11) is 3.93. The number of halogens is 2. The molecule has 0 fully saturated rings. The van der Waals surface area contributed by atoms with E-state index >= 15 is 0 Å². The molecule has 128 valence electrons. The van der Waals surface area contributed by atoms with Crippen molar-refractivity contribution in [1.29, 1.82) is 0 Å². The smallest absolute Gasteiger partial charge is 0.171 e. The maximum atomic E-state index is 14.2. The topological polar surface area (TPSA) is 28.5 Å². The maximum Gasteiger partial charge on any atom is 0.171 e. The number of quaternary nitrogens is 1. The normalized spacial score (nSPS) is 12.1. The highest BCUT2D eigenvalue weighted by Crippen LogP contribution is 2.23. The van der Waals surface area contributed by atoms with Gasteiger partial charge in [-0.2, -0.15) is 0 Å². The Labute approximate surface area is 152 Å². The van der Waals surface area contributed by atoms with Crippen LogP contribution in [0.25, 0.3) is 0 Å². The van der Waals surface area contributed by atoms with Crippen LogP contribution in [0.4, 0.5) is 10.1 Å². The lowest BCUT2D eigenvalue weighted by Gasteiger charge is -2.24. The molecule has 2 aromatic carbocycles. The fourth-order valence-electron chi connectivity index (χ4n) is 2.45. The van der Waals surface area contributed by atoms with Crippen LogP contribution >= 0.6 is 23.8 Å². The maximum absolute atomic E-state index is 14.2. The van der Waals surface area contributed by atoms with Crippen molar-refractivity contribution in [2.45, 2.75) is 13.0 Å². The van der Waals surface area contributed by atoms with Gasteiger partial charge >= 0.3 is 0 Å². The van der Waals surface area contributed by atoms with Crippen LogP contribution in [0.2, 0.25) is 5.02 Å². The number of likely N-dealkylation sites (N-methyl/N-ethyl adjacent to an activating group) is 1. The molecule has 0 unspecified atom stereocenters. The molecule has 1 atom stereocenters. The lowest BCUT2D eigenvalue weighted by molar-refractivity contribution is -0.890. The Hall–Kier alpha value is -1.69. The zero-order chi connectivity index (χ0) is 17.7. The summed E-state index contributed by atoms with van der Waals surface area (Å²) in [6.45, 7) is 2.50. The van der Waals surface area contributed by atoms with E-state index in [1.54, 1.807) is 12.1 Å². The number of benzene rings is 2. The fourth-order valence-corrected chi connectivity index (χ4v) is 2.94. The van der Waals surface area contributed by atoms with Crippen LogP contribution in [-0.4, -0.2) is 25.8 Å². The fraction of sp³-hybridized carbons (Fsp3) is 0.278. The minimum Gasteiger partial charge on any atom is -0.356 e. The van der Waals surface area contributed by atoms with Gasteiger partial charge in [-0.05, 0) is 43.4 Å². The minimum atomic E-state index is -0.298. The molecular formula is C18H22ClFN3S+. The number of anilines is 1. The Bertz CT molecular complexity index is 684. The molecule has 0 heterocycles. The number of aryl methyl sites for hydroxylation is 1. The van der Waals surface area contributed by atoms with E-state index in [-0.39, 0.29) is 11.9 Å². The number of hydrogen-bond donors (Lipinski definition) is 3. The van der Waals surface area contributed by atoms with Gasteiger partial charge in [-0.15, -0.1) is 0 Å². The molecule has 0 spiro atoms. The Balaban J connectivity index is 2.04. The first-order valence-corrected chi connectivity index (χ1v) is 8.52. The second-order valence-electron chi connectivity index (χ2n) is 5.97. The first kappa shape index (κ1) is 18.6. The summed E-state index contributed by atoms with van der Waals surface area (Å²) in [6, 6.07) is 12.5. The van der Waals surface area contributed by atoms with E-state index in [9.17, 15) is 4.39 Å². The molecule has 0 amide bonds. The lowest BCUT2D eigenvalue weighted by atomic mass is 10.1. The molecule has 3 N–H and O–H groups in total. The van der Waals surface area contributed by atoms with Crippen LogP contribution in [0.1, 0.15) is 17.2 Å². The molecule has 3 nitrogen and oxygen atoms in total. The van der Waals surface area contributed by atoms with Crippen molar-refractivity contribution in [3.8, 4) is 0 Å². The molecular weight excluding hydrogens is 345 g/mol. The van der Waals surface area contributed by atoms with E-state index in [1.165, 1.54) is 11.6 Å². The van der Waals surface area contributed by atoms with Crippen LogP contribution in [0.3, 0.4) is 0 Å². The second-order valence-corrected chi connectivity index (χ2v) is 6.78. The van der Waals surface area contributed by atoms with Gasteiger partial charge < -0.3 is 15.5 Å². The standard InChI is InChI=1S/C18H21ClFN3S/c1-12-7-9-13(10-8-12)22-18(24)21-11-16(23(2)3)17-14(19)5-4-6-15(17)20/h4-10,16H,11H2,1-3H3,(H2,21,22,24)/p+1/t16-/m0/s1. The molecule has 0 radical (unpaired) electrons. The van der Waals surface area contributed by atoms with Gasteiger partial charge in [-0.1, -0.05) is 35.4 Å². The number of hydrogen-bond acceptors (Lipinski definition) is 1. The van der Waals surface area contributed by atoms with Crippen molar-refractivity contribution in [1.82, 2.24) is 5.32 Å². The first-order chi connectivity index (χ1) is 11.4. The zero-order valence-electron chi connectivity index (χ0n) is 14.0. The van der Waals surface area contributed by atoms with Gasteiger partial charge in [0.25, 0.3) is 0 Å². The van der Waals surface area contributed by atoms with E-state index in [0.29, 0.717) is 22.2 Å². The Kier molecular flexibility index (Phi) is 6.54. The predicted molar refractivity (Wildman–Crippen MR) is 102 cm³/mol. The van der Waals surface area contributed by atoms with E-state index < -0.39 is 0 Å². The monoisotopic (exact) mass is 366 g/mol. The summed E-state index contributed by atoms with van der Waals surface area (Å²) < 4.78 is 14.2. The zero-order valence-corrected chi connectivity index (χ0v) is 15.6. The van der Waals surface area contributed by atoms with Crippen molar-refractivity contribution in [3.05, 3.63) is 64.4 Å². The van der Waals surface area contributed by atoms with Crippen molar-refractivity contribution in [2.75, 3.05) is 26.0 Å². The summed E-state index contributed by atoms with van der Waals surface area (Å²) in [5, 5.41) is 7.21. The van der Waals surface area contributed by atoms with Gasteiger partial charge in [0, 0.05) is 5.69 Å². The Morgan fingerprint density at radius 2 is 1.88 bits per heavy atom. The van der Waals surface area contributed by atoms with Crippen LogP contribution in [0.15, 0.2) is 42.5 Å². The van der Waals surface area contributed by atoms with Crippen molar-refractivity contribution in [3.63, 3.8) is 0 Å². The van der Waals surface area contributed by atoms with Crippen LogP contribution < -0.4 is 15.5 Å². The van der Waals surface area contributed by atoms with E-state index in [4.69, 9.17) is 23.8 Å². The lowest BCUT2D eigenvalue weighted by Crippen LogP contribution is -3.07. The SMILES string of the molecule is Cc1ccc(NC(=S)NC[C@@H](c2c(F)cccc2Cl)[NH+](C)C)cc1. The highest BCUT2D eigenvalue weighted by Gasteiger charge is 2.24. The molecule has 0 aliphatic heterocycles. The van der Waals surface area contributed by atoms with Gasteiger partial charge in [0.2, 0.25) is 0 Å². The average molecular weight is 367 g/mol. The molecule has 2 aromatic rings. The highest BCUT2D eigenvalue weighted by molar-refractivity contribution is 7.80. The van der Waals surface area contributed by atoms with Gasteiger partial charge in [-0.25, -0.2) is 4.39 Å². The first-order valence-electron chi connectivity index (χ1n) is 7.74. The molecule has 2 rings (SSSR count). The molecule has 6 heteroatoms. The number of nitrogens with one attached hydrogen (secondary N) is 3. The van der Waals surface area contributed by atoms with Crippen LogP contribution in [0, 0.1) is 12.7 Å². The quantitative estimate of drug-likeness (QED) is 0.710. The summed E-state index contributed by atoms with van der Waals surface area (Å²) in [5.41, 5.74) is 2.60. The van der Waals surface area contributed by atoms with Gasteiger partial charge in [-0.3, -0.25) is 0 Å². The van der Waals surface area contributed by atoms with Crippen molar-refractivity contribution in [2.24, 2.45) is 0 Å². The summed E-state index contributed by atoms with van der Waals surface area (Å²) in [5.74, 6) is -0.298. The summed E-state index contributed by atoms with van der Waals surface area (Å²) >= 11 is 11.5. The van der Waals surface area contributed by atoms with Crippen LogP contribution in [0.5, 0.6) is 0 Å². The molecule has 0 saturated carbocycles. The summed E-state index contributed by atoms with van der Waals surface area (Å²) in [6.07, 6.45) is 0. The molecule has 24 heavy (non-hydrogen) atoms. The summed E-state index contributed by atoms with van der Waals surface area (Å²) in [4.78, 5) is 1.06. The van der Waals surface area contributed by atoms with E-state index in [1.807, 2.05) is 45.3 Å².